The number of aromatic nitrogens is 2. The topological polar surface area (TPSA) is 72.4 Å². The molecule has 0 saturated carbocycles. The fourth-order valence-electron chi connectivity index (χ4n) is 3.63. The first kappa shape index (κ1) is 20.0. The highest BCUT2D eigenvalue weighted by Crippen LogP contribution is 2.21. The van der Waals surface area contributed by atoms with Crippen LogP contribution in [0.2, 0.25) is 0 Å². The minimum atomic E-state index is -0.388. The Balaban J connectivity index is 1.35. The Bertz CT molecular complexity index is 1230. The van der Waals surface area contributed by atoms with Gasteiger partial charge in [-0.1, -0.05) is 12.1 Å². The van der Waals surface area contributed by atoms with Gasteiger partial charge in [-0.25, -0.2) is 4.79 Å². The van der Waals surface area contributed by atoms with Crippen LogP contribution in [0.15, 0.2) is 63.9 Å². The number of nitrogens with zero attached hydrogens (tertiary/aromatic N) is 3. The summed E-state index contributed by atoms with van der Waals surface area (Å²) >= 11 is 0. The van der Waals surface area contributed by atoms with Gasteiger partial charge in [-0.15, -0.1) is 0 Å². The first-order valence-electron chi connectivity index (χ1n) is 10.1. The predicted octanol–water partition coefficient (Wildman–Crippen LogP) is 3.53. The molecular formula is C23H26N4O3. The van der Waals surface area contributed by atoms with Crippen LogP contribution in [-0.2, 0) is 17.9 Å². The van der Waals surface area contributed by atoms with Crippen molar-refractivity contribution in [2.75, 3.05) is 26.0 Å². The van der Waals surface area contributed by atoms with Gasteiger partial charge in [0.25, 0.3) is 0 Å². The second kappa shape index (κ2) is 8.59. The summed E-state index contributed by atoms with van der Waals surface area (Å²) in [5, 5.41) is 4.06. The van der Waals surface area contributed by atoms with Gasteiger partial charge in [0, 0.05) is 48.8 Å². The van der Waals surface area contributed by atoms with E-state index in [4.69, 9.17) is 4.42 Å². The van der Waals surface area contributed by atoms with Gasteiger partial charge in [-0.2, -0.15) is 0 Å². The van der Waals surface area contributed by atoms with Gasteiger partial charge in [0.2, 0.25) is 5.91 Å². The minimum absolute atomic E-state index is 0.0674. The summed E-state index contributed by atoms with van der Waals surface area (Å²) in [6.07, 6.45) is 2.96. The molecule has 0 atom stereocenters. The molecule has 7 nitrogen and oxygen atoms in total. The van der Waals surface area contributed by atoms with E-state index in [-0.39, 0.29) is 11.7 Å². The van der Waals surface area contributed by atoms with Crippen molar-refractivity contribution < 1.29 is 9.21 Å². The quantitative estimate of drug-likeness (QED) is 0.486. The maximum atomic E-state index is 12.4. The standard InChI is InChI=1S/C23H26N4O3/c1-25(2)14-15-26-13-11-17-16-18(9-10-19(17)26)24-22(28)8-5-12-27-20-6-3-4-7-21(20)30-23(27)29/h3-4,6-7,9-11,13,16H,5,8,12,14-15H2,1-2H3,(H,24,28). The van der Waals surface area contributed by atoms with Crippen molar-refractivity contribution in [1.82, 2.24) is 14.0 Å². The fourth-order valence-corrected chi connectivity index (χ4v) is 3.63. The number of benzene rings is 2. The fraction of sp³-hybridized carbons (Fsp3) is 0.304. The number of rotatable bonds is 8. The maximum Gasteiger partial charge on any atom is 0.419 e. The average Bonchev–Trinajstić information content (AvgIpc) is 3.26. The number of carbonyl (C=O) groups excluding carboxylic acids is 1. The number of hydrogen-bond acceptors (Lipinski definition) is 4. The molecule has 0 spiro atoms. The summed E-state index contributed by atoms with van der Waals surface area (Å²) < 4.78 is 9.02. The molecule has 0 unspecified atom stereocenters. The van der Waals surface area contributed by atoms with Gasteiger partial charge >= 0.3 is 5.76 Å². The minimum Gasteiger partial charge on any atom is -0.408 e. The van der Waals surface area contributed by atoms with Crippen LogP contribution >= 0.6 is 0 Å². The zero-order valence-corrected chi connectivity index (χ0v) is 17.3. The van der Waals surface area contributed by atoms with E-state index in [2.05, 4.69) is 41.1 Å². The normalized spacial score (nSPS) is 11.6. The molecule has 0 bridgehead atoms. The number of likely N-dealkylation sites (N-methyl/N-ethyl adjacent to an activating group) is 1. The molecule has 4 rings (SSSR count). The Kier molecular flexibility index (Phi) is 5.72. The molecule has 0 aliphatic heterocycles. The Morgan fingerprint density at radius 3 is 2.73 bits per heavy atom. The van der Waals surface area contributed by atoms with Crippen molar-refractivity contribution in [3.63, 3.8) is 0 Å². The van der Waals surface area contributed by atoms with Crippen LogP contribution in [0, 0.1) is 0 Å². The van der Waals surface area contributed by atoms with Crippen molar-refractivity contribution >= 4 is 33.6 Å². The molecule has 0 saturated heterocycles. The lowest BCUT2D eigenvalue weighted by atomic mass is 10.2. The Hall–Kier alpha value is -3.32. The zero-order chi connectivity index (χ0) is 21.1. The Morgan fingerprint density at radius 2 is 1.90 bits per heavy atom. The smallest absolute Gasteiger partial charge is 0.408 e. The molecule has 2 aromatic carbocycles. The van der Waals surface area contributed by atoms with Crippen LogP contribution in [0.25, 0.3) is 22.0 Å². The lowest BCUT2D eigenvalue weighted by Crippen LogP contribution is -2.18. The van der Waals surface area contributed by atoms with E-state index >= 15 is 0 Å². The van der Waals surface area contributed by atoms with Crippen LogP contribution in [0.3, 0.4) is 0 Å². The molecule has 0 fully saturated rings. The van der Waals surface area contributed by atoms with Crippen molar-refractivity contribution in [3.05, 3.63) is 65.3 Å². The third kappa shape index (κ3) is 4.31. The van der Waals surface area contributed by atoms with Gasteiger partial charge in [0.15, 0.2) is 5.58 Å². The van der Waals surface area contributed by atoms with Crippen molar-refractivity contribution in [2.24, 2.45) is 0 Å². The number of carbonyl (C=O) groups is 1. The van der Waals surface area contributed by atoms with E-state index in [9.17, 15) is 9.59 Å². The summed E-state index contributed by atoms with van der Waals surface area (Å²) in [6, 6.07) is 15.3. The van der Waals surface area contributed by atoms with Gasteiger partial charge in [0.05, 0.1) is 5.52 Å². The second-order valence-electron chi connectivity index (χ2n) is 7.73. The molecule has 7 heteroatoms. The lowest BCUT2D eigenvalue weighted by Gasteiger charge is -2.11. The van der Waals surface area contributed by atoms with Crippen molar-refractivity contribution in [1.29, 1.82) is 0 Å². The number of oxazole rings is 1. The van der Waals surface area contributed by atoms with E-state index in [1.165, 1.54) is 0 Å². The maximum absolute atomic E-state index is 12.4. The number of aryl methyl sites for hydroxylation is 1. The first-order valence-corrected chi connectivity index (χ1v) is 10.1. The van der Waals surface area contributed by atoms with Crippen LogP contribution < -0.4 is 11.1 Å². The summed E-state index contributed by atoms with van der Waals surface area (Å²) in [6.45, 7) is 2.33. The average molecular weight is 406 g/mol. The molecule has 156 valence electrons. The number of fused-ring (bicyclic) bond motifs is 2. The van der Waals surface area contributed by atoms with Gasteiger partial charge in [-0.3, -0.25) is 9.36 Å². The molecule has 2 heterocycles. The van der Waals surface area contributed by atoms with E-state index in [1.807, 2.05) is 36.4 Å². The predicted molar refractivity (Wildman–Crippen MR) is 119 cm³/mol. The largest absolute Gasteiger partial charge is 0.419 e. The summed E-state index contributed by atoms with van der Waals surface area (Å²) in [5.41, 5.74) is 3.26. The number of amides is 1. The third-order valence-electron chi connectivity index (χ3n) is 5.20. The van der Waals surface area contributed by atoms with E-state index < -0.39 is 0 Å². The third-order valence-corrected chi connectivity index (χ3v) is 5.20. The molecule has 2 aromatic heterocycles. The molecule has 30 heavy (non-hydrogen) atoms. The summed E-state index contributed by atoms with van der Waals surface area (Å²) in [7, 11) is 4.12. The molecule has 0 radical (unpaired) electrons. The van der Waals surface area contributed by atoms with Gasteiger partial charge in [0.1, 0.15) is 0 Å². The van der Waals surface area contributed by atoms with Gasteiger partial charge < -0.3 is 19.2 Å². The second-order valence-corrected chi connectivity index (χ2v) is 7.73. The van der Waals surface area contributed by atoms with Crippen molar-refractivity contribution in [3.8, 4) is 0 Å². The van der Waals surface area contributed by atoms with E-state index in [0.717, 1.165) is 35.2 Å². The summed E-state index contributed by atoms with van der Waals surface area (Å²) in [4.78, 5) is 26.5. The highest BCUT2D eigenvalue weighted by Gasteiger charge is 2.10. The number of anilines is 1. The first-order chi connectivity index (χ1) is 14.5. The SMILES string of the molecule is CN(C)CCn1ccc2cc(NC(=O)CCCn3c(=O)oc4ccccc43)ccc21. The van der Waals surface area contributed by atoms with Gasteiger partial charge in [-0.05, 0) is 56.9 Å². The monoisotopic (exact) mass is 406 g/mol. The number of hydrogen-bond donors (Lipinski definition) is 1. The lowest BCUT2D eigenvalue weighted by molar-refractivity contribution is -0.116. The van der Waals surface area contributed by atoms with Crippen molar-refractivity contribution in [2.45, 2.75) is 25.9 Å². The molecule has 1 amide bonds. The highest BCUT2D eigenvalue weighted by molar-refractivity contribution is 5.93. The Labute approximate surface area is 174 Å². The highest BCUT2D eigenvalue weighted by atomic mass is 16.4. The summed E-state index contributed by atoms with van der Waals surface area (Å²) in [5.74, 6) is -0.455. The molecule has 1 N–H and O–H groups in total. The van der Waals surface area contributed by atoms with E-state index in [1.54, 1.807) is 10.6 Å². The molecule has 0 aliphatic carbocycles. The van der Waals surface area contributed by atoms with Crippen LogP contribution in [0.5, 0.6) is 0 Å². The van der Waals surface area contributed by atoms with Crippen LogP contribution in [0.4, 0.5) is 5.69 Å². The zero-order valence-electron chi connectivity index (χ0n) is 17.3. The molecule has 0 aliphatic rings. The molecule has 4 aromatic rings. The molecular weight excluding hydrogens is 380 g/mol. The Morgan fingerprint density at radius 1 is 1.07 bits per heavy atom. The number of nitrogens with one attached hydrogen (secondary N) is 1. The van der Waals surface area contributed by atoms with E-state index in [0.29, 0.717) is 25.0 Å². The van der Waals surface area contributed by atoms with Crippen LogP contribution in [0.1, 0.15) is 12.8 Å². The number of para-hydroxylation sites is 2. The van der Waals surface area contributed by atoms with Crippen LogP contribution in [-0.4, -0.2) is 40.6 Å².